The number of nitrogens with zero attached hydrogens (tertiary/aromatic N) is 2. The number of nitrogens with one attached hydrogen (secondary N) is 2. The Labute approximate surface area is 119 Å². The van der Waals surface area contributed by atoms with Crippen molar-refractivity contribution in [1.82, 2.24) is 15.1 Å². The van der Waals surface area contributed by atoms with Crippen LogP contribution in [0.5, 0.6) is 0 Å². The highest BCUT2D eigenvalue weighted by atomic mass is 16.1. The molecule has 1 aromatic carbocycles. The maximum absolute atomic E-state index is 12.0. The molecule has 108 valence electrons. The van der Waals surface area contributed by atoms with Gasteiger partial charge in [0.1, 0.15) is 0 Å². The van der Waals surface area contributed by atoms with Gasteiger partial charge in [-0.3, -0.25) is 9.48 Å². The highest BCUT2D eigenvalue weighted by Gasteiger charge is 2.13. The van der Waals surface area contributed by atoms with E-state index in [2.05, 4.69) is 29.6 Å². The van der Waals surface area contributed by atoms with Crippen molar-refractivity contribution in [2.24, 2.45) is 5.92 Å². The summed E-state index contributed by atoms with van der Waals surface area (Å²) in [4.78, 5) is 12.0. The standard InChI is InChI=1S/C15H22N4O/c1-10(2)19-14-7-13(6-5-12(14)9-17-19)18-15(20)11(3)8-16-4/h5-7,9-11,16H,8H2,1-4H3,(H,18,20). The molecular formula is C15H22N4O. The molecule has 0 aliphatic carbocycles. The van der Waals surface area contributed by atoms with E-state index in [0.717, 1.165) is 16.6 Å². The zero-order valence-electron chi connectivity index (χ0n) is 12.5. The molecule has 0 radical (unpaired) electrons. The third-order valence-electron chi connectivity index (χ3n) is 3.31. The number of hydrogen-bond donors (Lipinski definition) is 2. The third-order valence-corrected chi connectivity index (χ3v) is 3.31. The molecule has 2 rings (SSSR count). The maximum atomic E-state index is 12.0. The van der Waals surface area contributed by atoms with Crippen LogP contribution in [0, 0.1) is 5.92 Å². The molecule has 1 heterocycles. The van der Waals surface area contributed by atoms with Gasteiger partial charge in [0.25, 0.3) is 0 Å². The molecule has 0 aliphatic rings. The van der Waals surface area contributed by atoms with E-state index in [4.69, 9.17) is 0 Å². The molecule has 0 aliphatic heterocycles. The van der Waals surface area contributed by atoms with Crippen LogP contribution in [0.15, 0.2) is 24.4 Å². The Morgan fingerprint density at radius 3 is 2.75 bits per heavy atom. The van der Waals surface area contributed by atoms with Gasteiger partial charge in [-0.1, -0.05) is 6.92 Å². The fraction of sp³-hybridized carbons (Fsp3) is 0.467. The number of fused-ring (bicyclic) bond motifs is 1. The Morgan fingerprint density at radius 1 is 1.35 bits per heavy atom. The summed E-state index contributed by atoms with van der Waals surface area (Å²) in [6, 6.07) is 6.17. The first kappa shape index (κ1) is 14.5. The smallest absolute Gasteiger partial charge is 0.228 e. The Hall–Kier alpha value is -1.88. The summed E-state index contributed by atoms with van der Waals surface area (Å²) in [7, 11) is 1.84. The number of amides is 1. The molecule has 5 nitrogen and oxygen atoms in total. The van der Waals surface area contributed by atoms with Crippen LogP contribution in [0.4, 0.5) is 5.69 Å². The number of benzene rings is 1. The fourth-order valence-electron chi connectivity index (χ4n) is 2.19. The summed E-state index contributed by atoms with van der Waals surface area (Å²) in [5, 5.41) is 11.4. The van der Waals surface area contributed by atoms with Gasteiger partial charge in [-0.15, -0.1) is 0 Å². The van der Waals surface area contributed by atoms with E-state index in [9.17, 15) is 4.79 Å². The van der Waals surface area contributed by atoms with Gasteiger partial charge in [0.15, 0.2) is 0 Å². The summed E-state index contributed by atoms with van der Waals surface area (Å²) in [5.41, 5.74) is 1.85. The average molecular weight is 274 g/mol. The number of aromatic nitrogens is 2. The third kappa shape index (κ3) is 2.99. The number of hydrogen-bond acceptors (Lipinski definition) is 3. The van der Waals surface area contributed by atoms with Crippen LogP contribution < -0.4 is 10.6 Å². The van der Waals surface area contributed by atoms with Crippen LogP contribution in [-0.2, 0) is 4.79 Å². The van der Waals surface area contributed by atoms with Gasteiger partial charge in [0.2, 0.25) is 5.91 Å². The van der Waals surface area contributed by atoms with Crippen LogP contribution in [0.2, 0.25) is 0 Å². The minimum absolute atomic E-state index is 0.0225. The molecule has 1 aromatic heterocycles. The summed E-state index contributed by atoms with van der Waals surface area (Å²) >= 11 is 0. The number of carbonyl (C=O) groups excluding carboxylic acids is 1. The fourth-order valence-corrected chi connectivity index (χ4v) is 2.19. The topological polar surface area (TPSA) is 59.0 Å². The SMILES string of the molecule is CNCC(C)C(=O)Nc1ccc2cnn(C(C)C)c2c1. The normalized spacial score (nSPS) is 12.8. The molecule has 0 saturated carbocycles. The molecule has 0 fully saturated rings. The van der Waals surface area contributed by atoms with Gasteiger partial charge in [-0.2, -0.15) is 5.10 Å². The molecule has 2 aromatic rings. The van der Waals surface area contributed by atoms with Crippen LogP contribution in [0.1, 0.15) is 26.8 Å². The van der Waals surface area contributed by atoms with Gasteiger partial charge >= 0.3 is 0 Å². The van der Waals surface area contributed by atoms with Gasteiger partial charge in [0, 0.05) is 29.6 Å². The largest absolute Gasteiger partial charge is 0.326 e. The second-order valence-electron chi connectivity index (χ2n) is 5.40. The van der Waals surface area contributed by atoms with E-state index in [0.29, 0.717) is 12.6 Å². The molecule has 0 spiro atoms. The monoisotopic (exact) mass is 274 g/mol. The van der Waals surface area contributed by atoms with E-state index in [1.807, 2.05) is 43.0 Å². The van der Waals surface area contributed by atoms with Crippen molar-refractivity contribution >= 4 is 22.5 Å². The molecule has 1 atom stereocenters. The molecule has 0 saturated heterocycles. The van der Waals surface area contributed by atoms with Crippen molar-refractivity contribution in [3.63, 3.8) is 0 Å². The molecule has 1 unspecified atom stereocenters. The van der Waals surface area contributed by atoms with Crippen molar-refractivity contribution in [2.75, 3.05) is 18.9 Å². The maximum Gasteiger partial charge on any atom is 0.228 e. The molecule has 0 bridgehead atoms. The van der Waals surface area contributed by atoms with Crippen molar-refractivity contribution in [3.8, 4) is 0 Å². The quantitative estimate of drug-likeness (QED) is 0.880. The highest BCUT2D eigenvalue weighted by molar-refractivity contribution is 5.94. The minimum atomic E-state index is -0.0642. The van der Waals surface area contributed by atoms with Crippen molar-refractivity contribution < 1.29 is 4.79 Å². The lowest BCUT2D eigenvalue weighted by molar-refractivity contribution is -0.119. The van der Waals surface area contributed by atoms with Gasteiger partial charge in [-0.05, 0) is 39.1 Å². The van der Waals surface area contributed by atoms with Crippen molar-refractivity contribution in [2.45, 2.75) is 26.8 Å². The van der Waals surface area contributed by atoms with E-state index in [1.54, 1.807) is 0 Å². The van der Waals surface area contributed by atoms with E-state index < -0.39 is 0 Å². The Balaban J connectivity index is 2.23. The average Bonchev–Trinajstić information content (AvgIpc) is 2.82. The van der Waals surface area contributed by atoms with Crippen LogP contribution in [-0.4, -0.2) is 29.3 Å². The Kier molecular flexibility index (Phi) is 4.39. The second-order valence-corrected chi connectivity index (χ2v) is 5.40. The van der Waals surface area contributed by atoms with Gasteiger partial charge in [-0.25, -0.2) is 0 Å². The molecular weight excluding hydrogens is 252 g/mol. The van der Waals surface area contributed by atoms with Gasteiger partial charge < -0.3 is 10.6 Å². The first-order valence-corrected chi connectivity index (χ1v) is 6.95. The second kappa shape index (κ2) is 6.05. The van der Waals surface area contributed by atoms with Gasteiger partial charge in [0.05, 0.1) is 11.7 Å². The zero-order valence-corrected chi connectivity index (χ0v) is 12.5. The van der Waals surface area contributed by atoms with E-state index >= 15 is 0 Å². The summed E-state index contributed by atoms with van der Waals surface area (Å²) in [6.07, 6.45) is 1.85. The molecule has 1 amide bonds. The van der Waals surface area contributed by atoms with Crippen LogP contribution in [0.25, 0.3) is 10.9 Å². The highest BCUT2D eigenvalue weighted by Crippen LogP contribution is 2.22. The van der Waals surface area contributed by atoms with Crippen molar-refractivity contribution in [1.29, 1.82) is 0 Å². The summed E-state index contributed by atoms with van der Waals surface area (Å²) in [6.45, 7) is 6.75. The number of carbonyl (C=O) groups is 1. The van der Waals surface area contributed by atoms with Crippen LogP contribution in [0.3, 0.4) is 0 Å². The number of anilines is 1. The van der Waals surface area contributed by atoms with E-state index in [-0.39, 0.29) is 11.8 Å². The predicted molar refractivity (Wildman–Crippen MR) is 81.8 cm³/mol. The zero-order chi connectivity index (χ0) is 14.7. The van der Waals surface area contributed by atoms with Crippen LogP contribution >= 0.6 is 0 Å². The summed E-state index contributed by atoms with van der Waals surface area (Å²) < 4.78 is 1.96. The first-order valence-electron chi connectivity index (χ1n) is 6.95. The lowest BCUT2D eigenvalue weighted by Crippen LogP contribution is -2.28. The van der Waals surface area contributed by atoms with E-state index in [1.165, 1.54) is 0 Å². The molecule has 20 heavy (non-hydrogen) atoms. The Bertz CT molecular complexity index is 603. The predicted octanol–water partition coefficient (Wildman–Crippen LogP) is 2.41. The summed E-state index contributed by atoms with van der Waals surface area (Å²) in [5.74, 6) is -0.0416. The first-order chi connectivity index (χ1) is 9.52. The lowest BCUT2D eigenvalue weighted by atomic mass is 10.1. The minimum Gasteiger partial charge on any atom is -0.326 e. The number of rotatable bonds is 5. The Morgan fingerprint density at radius 2 is 2.10 bits per heavy atom. The molecule has 5 heteroatoms. The molecule has 2 N–H and O–H groups in total. The lowest BCUT2D eigenvalue weighted by Gasteiger charge is -2.12. The van der Waals surface area contributed by atoms with Crippen molar-refractivity contribution in [3.05, 3.63) is 24.4 Å².